The zero-order chi connectivity index (χ0) is 12.3. The first-order valence-corrected chi connectivity index (χ1v) is 7.36. The molecule has 1 unspecified atom stereocenters. The lowest BCUT2D eigenvalue weighted by atomic mass is 10.3. The third-order valence-corrected chi connectivity index (χ3v) is 4.26. The Kier molecular flexibility index (Phi) is 3.63. The summed E-state index contributed by atoms with van der Waals surface area (Å²) in [5, 5.41) is 3.18. The molecule has 5 nitrogen and oxygen atoms in total. The van der Waals surface area contributed by atoms with Gasteiger partial charge >= 0.3 is 0 Å². The predicted molar refractivity (Wildman–Crippen MR) is 67.4 cm³/mol. The van der Waals surface area contributed by atoms with E-state index in [4.69, 9.17) is 0 Å². The van der Waals surface area contributed by atoms with Crippen molar-refractivity contribution in [1.29, 1.82) is 0 Å². The average Bonchev–Trinajstić information content (AvgIpc) is 2.73. The number of hydrogen-bond donors (Lipinski definition) is 2. The molecule has 0 spiro atoms. The fourth-order valence-electron chi connectivity index (χ4n) is 1.94. The van der Waals surface area contributed by atoms with Gasteiger partial charge in [0.1, 0.15) is 0 Å². The minimum absolute atomic E-state index is 0.0736. The number of hydrogen-bond acceptors (Lipinski definition) is 4. The van der Waals surface area contributed by atoms with Gasteiger partial charge in [0.15, 0.2) is 0 Å². The van der Waals surface area contributed by atoms with Crippen molar-refractivity contribution in [2.45, 2.75) is 25.8 Å². The first-order chi connectivity index (χ1) is 8.07. The second-order valence-corrected chi connectivity index (χ2v) is 6.13. The van der Waals surface area contributed by atoms with Gasteiger partial charge in [0.25, 0.3) is 0 Å². The van der Waals surface area contributed by atoms with E-state index in [0.29, 0.717) is 5.69 Å². The molecule has 1 fully saturated rings. The number of aryl methyl sites for hydroxylation is 1. The Morgan fingerprint density at radius 3 is 3.06 bits per heavy atom. The fourth-order valence-corrected chi connectivity index (χ4v) is 3.39. The first-order valence-electron chi connectivity index (χ1n) is 5.71. The van der Waals surface area contributed by atoms with Gasteiger partial charge in [-0.15, -0.1) is 0 Å². The number of nitrogens with one attached hydrogen (secondary N) is 2. The van der Waals surface area contributed by atoms with Gasteiger partial charge in [-0.25, -0.2) is 8.42 Å². The van der Waals surface area contributed by atoms with Crippen LogP contribution in [0.2, 0.25) is 0 Å². The van der Waals surface area contributed by atoms with Crippen LogP contribution in [-0.2, 0) is 10.0 Å². The molecule has 17 heavy (non-hydrogen) atoms. The molecule has 1 saturated heterocycles. The Balaban J connectivity index is 2.04. The van der Waals surface area contributed by atoms with Crippen LogP contribution in [0.25, 0.3) is 0 Å². The van der Waals surface area contributed by atoms with E-state index in [2.05, 4.69) is 15.0 Å². The highest BCUT2D eigenvalue weighted by atomic mass is 32.2. The summed E-state index contributed by atoms with van der Waals surface area (Å²) in [6.07, 6.45) is 5.15. The molecular weight excluding hydrogens is 238 g/mol. The minimum Gasteiger partial charge on any atom is -0.313 e. The minimum atomic E-state index is -3.29. The summed E-state index contributed by atoms with van der Waals surface area (Å²) >= 11 is 0. The summed E-state index contributed by atoms with van der Waals surface area (Å²) < 4.78 is 26.4. The lowest BCUT2D eigenvalue weighted by molar-refractivity contribution is 0.581. The van der Waals surface area contributed by atoms with Crippen LogP contribution in [-0.4, -0.2) is 31.7 Å². The molecule has 0 aliphatic carbocycles. The van der Waals surface area contributed by atoms with Gasteiger partial charge in [0.05, 0.1) is 17.6 Å². The van der Waals surface area contributed by atoms with E-state index in [9.17, 15) is 8.42 Å². The summed E-state index contributed by atoms with van der Waals surface area (Å²) in [6, 6.07) is 1.86. The molecule has 2 N–H and O–H groups in total. The quantitative estimate of drug-likeness (QED) is 0.838. The van der Waals surface area contributed by atoms with E-state index in [1.165, 1.54) is 6.20 Å². The number of aromatic nitrogens is 1. The van der Waals surface area contributed by atoms with Crippen LogP contribution in [0, 0.1) is 6.92 Å². The molecule has 0 radical (unpaired) electrons. The maximum absolute atomic E-state index is 11.9. The number of sulfonamides is 1. The molecule has 6 heteroatoms. The lowest BCUT2D eigenvalue weighted by Crippen LogP contribution is -2.32. The number of anilines is 1. The van der Waals surface area contributed by atoms with E-state index in [1.807, 2.05) is 6.92 Å². The van der Waals surface area contributed by atoms with Gasteiger partial charge in [0.2, 0.25) is 10.0 Å². The molecule has 1 aromatic heterocycles. The zero-order valence-corrected chi connectivity index (χ0v) is 10.6. The summed E-state index contributed by atoms with van der Waals surface area (Å²) in [4.78, 5) is 3.92. The fraction of sp³-hybridized carbons (Fsp3) is 0.545. The Labute approximate surface area is 102 Å². The Bertz CT molecular complexity index is 481. The van der Waals surface area contributed by atoms with Crippen LogP contribution in [0.1, 0.15) is 18.4 Å². The topological polar surface area (TPSA) is 71.1 Å². The van der Waals surface area contributed by atoms with E-state index >= 15 is 0 Å². The predicted octanol–water partition coefficient (Wildman–Crippen LogP) is 0.884. The first kappa shape index (κ1) is 12.3. The Morgan fingerprint density at radius 1 is 1.59 bits per heavy atom. The number of nitrogens with zero attached hydrogens (tertiary/aromatic N) is 1. The summed E-state index contributed by atoms with van der Waals surface area (Å²) in [6.45, 7) is 2.76. The van der Waals surface area contributed by atoms with Gasteiger partial charge in [0, 0.05) is 12.2 Å². The molecule has 1 atom stereocenters. The molecule has 1 aliphatic heterocycles. The lowest BCUT2D eigenvalue weighted by Gasteiger charge is -2.13. The molecule has 0 amide bonds. The average molecular weight is 255 g/mol. The SMILES string of the molecule is Cc1ccncc1NS(=O)(=O)CC1CCCN1. The van der Waals surface area contributed by atoms with Crippen molar-refractivity contribution in [3.63, 3.8) is 0 Å². The maximum Gasteiger partial charge on any atom is 0.234 e. The van der Waals surface area contributed by atoms with Crippen molar-refractivity contribution in [2.75, 3.05) is 17.0 Å². The smallest absolute Gasteiger partial charge is 0.234 e. The second-order valence-electron chi connectivity index (χ2n) is 4.37. The summed E-state index contributed by atoms with van der Waals surface area (Å²) in [5.74, 6) is 0.126. The highest BCUT2D eigenvalue weighted by Gasteiger charge is 2.22. The summed E-state index contributed by atoms with van der Waals surface area (Å²) in [7, 11) is -3.29. The van der Waals surface area contributed by atoms with Gasteiger partial charge in [-0.2, -0.15) is 0 Å². The molecule has 0 aromatic carbocycles. The number of pyridine rings is 1. The Morgan fingerprint density at radius 2 is 2.41 bits per heavy atom. The van der Waals surface area contributed by atoms with Crippen LogP contribution < -0.4 is 10.0 Å². The van der Waals surface area contributed by atoms with Gasteiger partial charge in [-0.1, -0.05) is 0 Å². The van der Waals surface area contributed by atoms with Crippen molar-refractivity contribution in [3.8, 4) is 0 Å². The molecule has 0 saturated carbocycles. The monoisotopic (exact) mass is 255 g/mol. The van der Waals surface area contributed by atoms with Crippen LogP contribution >= 0.6 is 0 Å². The highest BCUT2D eigenvalue weighted by molar-refractivity contribution is 7.92. The molecule has 0 bridgehead atoms. The van der Waals surface area contributed by atoms with E-state index < -0.39 is 10.0 Å². The van der Waals surface area contributed by atoms with Crippen molar-refractivity contribution in [3.05, 3.63) is 24.0 Å². The molecule has 1 aromatic rings. The van der Waals surface area contributed by atoms with E-state index in [1.54, 1.807) is 12.3 Å². The van der Waals surface area contributed by atoms with Gasteiger partial charge in [-0.05, 0) is 37.9 Å². The molecule has 94 valence electrons. The third-order valence-electron chi connectivity index (χ3n) is 2.89. The van der Waals surface area contributed by atoms with Crippen LogP contribution in [0.15, 0.2) is 18.5 Å². The Hall–Kier alpha value is -1.14. The van der Waals surface area contributed by atoms with E-state index in [-0.39, 0.29) is 11.8 Å². The van der Waals surface area contributed by atoms with Crippen molar-refractivity contribution in [1.82, 2.24) is 10.3 Å². The van der Waals surface area contributed by atoms with Crippen molar-refractivity contribution in [2.24, 2.45) is 0 Å². The third kappa shape index (κ3) is 3.41. The molecule has 1 aliphatic rings. The van der Waals surface area contributed by atoms with Crippen LogP contribution in [0.5, 0.6) is 0 Å². The maximum atomic E-state index is 11.9. The van der Waals surface area contributed by atoms with Gasteiger partial charge < -0.3 is 5.32 Å². The van der Waals surface area contributed by atoms with Crippen LogP contribution in [0.3, 0.4) is 0 Å². The molecular formula is C11H17N3O2S. The molecule has 2 heterocycles. The van der Waals surface area contributed by atoms with Gasteiger partial charge in [-0.3, -0.25) is 9.71 Å². The normalized spacial score (nSPS) is 20.4. The van der Waals surface area contributed by atoms with Crippen molar-refractivity contribution >= 4 is 15.7 Å². The standard InChI is InChI=1S/C11H17N3O2S/c1-9-4-6-12-7-11(9)14-17(15,16)8-10-3-2-5-13-10/h4,6-7,10,13-14H,2-3,5,8H2,1H3. The van der Waals surface area contributed by atoms with Crippen molar-refractivity contribution < 1.29 is 8.42 Å². The largest absolute Gasteiger partial charge is 0.313 e. The number of rotatable bonds is 4. The van der Waals surface area contributed by atoms with E-state index in [0.717, 1.165) is 24.9 Å². The van der Waals surface area contributed by atoms with Crippen LogP contribution in [0.4, 0.5) is 5.69 Å². The molecule has 2 rings (SSSR count). The second kappa shape index (κ2) is 5.01. The summed E-state index contributed by atoms with van der Waals surface area (Å²) in [5.41, 5.74) is 1.44. The zero-order valence-electron chi connectivity index (χ0n) is 9.81. The highest BCUT2D eigenvalue weighted by Crippen LogP contribution is 2.15.